The van der Waals surface area contributed by atoms with E-state index in [1.807, 2.05) is 6.92 Å². The second kappa shape index (κ2) is 8.34. The van der Waals surface area contributed by atoms with Crippen molar-refractivity contribution in [3.8, 4) is 0 Å². The summed E-state index contributed by atoms with van der Waals surface area (Å²) in [5.74, 6) is 0.216. The zero-order chi connectivity index (χ0) is 18.4. The number of fused-ring (bicyclic) bond motifs is 1. The zero-order valence-corrected chi connectivity index (χ0v) is 14.7. The van der Waals surface area contributed by atoms with Gasteiger partial charge in [-0.25, -0.2) is 19.7 Å². The van der Waals surface area contributed by atoms with E-state index in [2.05, 4.69) is 20.3 Å². The number of aromatic nitrogens is 4. The third kappa shape index (κ3) is 5.75. The Morgan fingerprint density at radius 2 is 2.16 bits per heavy atom. The minimum absolute atomic E-state index is 0.216. The number of hydrogen-bond donors (Lipinski definition) is 3. The highest BCUT2D eigenvalue weighted by Crippen LogP contribution is 2.34. The van der Waals surface area contributed by atoms with Crippen LogP contribution in [0.5, 0.6) is 0 Å². The van der Waals surface area contributed by atoms with Crippen LogP contribution in [0.1, 0.15) is 20.3 Å². The van der Waals surface area contributed by atoms with Crippen LogP contribution in [0.3, 0.4) is 0 Å². The van der Waals surface area contributed by atoms with Crippen LogP contribution in [0.2, 0.25) is 0 Å². The fraction of sp³-hybridized carbons (Fsp3) is 0.538. The molecular weight excluding hydrogens is 353 g/mol. The van der Waals surface area contributed by atoms with Crippen LogP contribution in [-0.2, 0) is 20.6 Å². The van der Waals surface area contributed by atoms with Crippen molar-refractivity contribution in [2.75, 3.05) is 18.3 Å². The average molecular weight is 373 g/mol. The average Bonchev–Trinajstić information content (AvgIpc) is 2.94. The van der Waals surface area contributed by atoms with Crippen LogP contribution in [0.25, 0.3) is 11.2 Å². The molecule has 0 aromatic carbocycles. The van der Waals surface area contributed by atoms with Crippen molar-refractivity contribution >= 4 is 30.7 Å². The number of imidazole rings is 1. The number of carbonyl (C=O) groups excluding carboxylic acids is 1. The van der Waals surface area contributed by atoms with Crippen molar-refractivity contribution < 1.29 is 28.6 Å². The van der Waals surface area contributed by atoms with Crippen molar-refractivity contribution in [3.63, 3.8) is 0 Å². The van der Waals surface area contributed by atoms with Gasteiger partial charge in [-0.15, -0.1) is 0 Å². The Labute approximate surface area is 143 Å². The largest absolute Gasteiger partial charge is 0.449 e. The molecule has 1 amide bonds. The fourth-order valence-corrected chi connectivity index (χ4v) is 2.44. The Morgan fingerprint density at radius 3 is 2.84 bits per heavy atom. The Bertz CT molecular complexity index is 775. The minimum Gasteiger partial charge on any atom is -0.449 e. The first-order chi connectivity index (χ1) is 11.8. The summed E-state index contributed by atoms with van der Waals surface area (Å²) < 4.78 is 22.6. The van der Waals surface area contributed by atoms with E-state index in [9.17, 15) is 9.36 Å². The van der Waals surface area contributed by atoms with E-state index in [-0.39, 0.29) is 12.4 Å². The summed E-state index contributed by atoms with van der Waals surface area (Å²) in [6.45, 7) is 4.12. The first-order valence-electron chi connectivity index (χ1n) is 7.56. The summed E-state index contributed by atoms with van der Waals surface area (Å²) in [5.41, 5.74) is 0.825. The van der Waals surface area contributed by atoms with Gasteiger partial charge in [0.15, 0.2) is 17.0 Å². The molecule has 0 aliphatic heterocycles. The molecule has 25 heavy (non-hydrogen) atoms. The predicted molar refractivity (Wildman–Crippen MR) is 88.0 cm³/mol. The standard InChI is InChI=1S/C13H20N5O6P/c1-3-4-23-13(19)17-11-10-12(15-6-14-11)18(7-16-10)5-9(2)24-8-25(20,21)22/h6-7,9H,3-5,8H2,1-2H3,(H2,20,21,22)(H,14,15,17,19)/t9-/m1/s1. The summed E-state index contributed by atoms with van der Waals surface area (Å²) in [5, 5.41) is 2.51. The normalized spacial score (nSPS) is 13.0. The molecule has 0 aliphatic rings. The smallest absolute Gasteiger partial charge is 0.412 e. The monoisotopic (exact) mass is 373 g/mol. The minimum atomic E-state index is -4.23. The molecular formula is C13H20N5O6P. The Balaban J connectivity index is 2.09. The molecule has 12 heteroatoms. The molecule has 0 saturated carbocycles. The number of ether oxygens (including phenoxy) is 2. The van der Waals surface area contributed by atoms with Gasteiger partial charge in [0, 0.05) is 0 Å². The summed E-state index contributed by atoms with van der Waals surface area (Å²) in [4.78, 5) is 41.6. The van der Waals surface area contributed by atoms with E-state index in [0.717, 1.165) is 0 Å². The SMILES string of the molecule is CCCOC(=O)Nc1ncnc2c1ncn2C[C@@H](C)OCP(=O)(O)O. The molecule has 0 fully saturated rings. The van der Waals surface area contributed by atoms with Gasteiger partial charge in [-0.1, -0.05) is 6.92 Å². The van der Waals surface area contributed by atoms with Gasteiger partial charge in [-0.05, 0) is 13.3 Å². The highest BCUT2D eigenvalue weighted by atomic mass is 31.2. The maximum Gasteiger partial charge on any atom is 0.412 e. The van der Waals surface area contributed by atoms with Crippen LogP contribution in [-0.4, -0.2) is 54.5 Å². The lowest BCUT2D eigenvalue weighted by atomic mass is 10.4. The Morgan fingerprint density at radius 1 is 1.40 bits per heavy atom. The summed E-state index contributed by atoms with van der Waals surface area (Å²) >= 11 is 0. The number of anilines is 1. The van der Waals surface area contributed by atoms with Crippen molar-refractivity contribution in [1.29, 1.82) is 0 Å². The predicted octanol–water partition coefficient (Wildman–Crippen LogP) is 1.33. The van der Waals surface area contributed by atoms with Gasteiger partial charge in [0.1, 0.15) is 12.7 Å². The second-order valence-corrected chi connectivity index (χ2v) is 6.91. The second-order valence-electron chi connectivity index (χ2n) is 5.32. The highest BCUT2D eigenvalue weighted by Gasteiger charge is 2.18. The first-order valence-corrected chi connectivity index (χ1v) is 9.35. The van der Waals surface area contributed by atoms with E-state index in [4.69, 9.17) is 19.3 Å². The first kappa shape index (κ1) is 19.3. The lowest BCUT2D eigenvalue weighted by Crippen LogP contribution is -2.17. The molecule has 2 aromatic heterocycles. The van der Waals surface area contributed by atoms with Gasteiger partial charge in [0.25, 0.3) is 0 Å². The molecule has 1 atom stereocenters. The van der Waals surface area contributed by atoms with Crippen LogP contribution < -0.4 is 5.32 Å². The van der Waals surface area contributed by atoms with E-state index in [1.165, 1.54) is 12.7 Å². The van der Waals surface area contributed by atoms with Crippen molar-refractivity contribution in [1.82, 2.24) is 19.5 Å². The lowest BCUT2D eigenvalue weighted by Gasteiger charge is -2.14. The topological polar surface area (TPSA) is 149 Å². The molecule has 138 valence electrons. The number of nitrogens with one attached hydrogen (secondary N) is 1. The molecule has 2 rings (SSSR count). The van der Waals surface area contributed by atoms with Crippen LogP contribution in [0.15, 0.2) is 12.7 Å². The maximum atomic E-state index is 11.7. The zero-order valence-electron chi connectivity index (χ0n) is 13.8. The Hall–Kier alpha value is -2.07. The van der Waals surface area contributed by atoms with Gasteiger partial charge in [-0.2, -0.15) is 0 Å². The number of hydrogen-bond acceptors (Lipinski definition) is 7. The van der Waals surface area contributed by atoms with Gasteiger partial charge < -0.3 is 23.8 Å². The molecule has 0 aliphatic carbocycles. The third-order valence-electron chi connectivity index (χ3n) is 3.04. The highest BCUT2D eigenvalue weighted by molar-refractivity contribution is 7.51. The van der Waals surface area contributed by atoms with E-state index in [0.29, 0.717) is 24.2 Å². The molecule has 3 N–H and O–H groups in total. The van der Waals surface area contributed by atoms with Crippen molar-refractivity contribution in [2.45, 2.75) is 32.9 Å². The third-order valence-corrected chi connectivity index (χ3v) is 3.53. The maximum absolute atomic E-state index is 11.7. The summed E-state index contributed by atoms with van der Waals surface area (Å²) in [7, 11) is -4.23. The molecule has 2 heterocycles. The molecule has 0 radical (unpaired) electrons. The number of nitrogens with zero attached hydrogens (tertiary/aromatic N) is 4. The molecule has 0 saturated heterocycles. The summed E-state index contributed by atoms with van der Waals surface area (Å²) in [6, 6.07) is 0. The Kier molecular flexibility index (Phi) is 6.43. The van der Waals surface area contributed by atoms with Gasteiger partial charge >= 0.3 is 13.7 Å². The van der Waals surface area contributed by atoms with Crippen molar-refractivity contribution in [3.05, 3.63) is 12.7 Å². The van der Waals surface area contributed by atoms with Crippen LogP contribution >= 0.6 is 7.60 Å². The molecule has 11 nitrogen and oxygen atoms in total. The van der Waals surface area contributed by atoms with Gasteiger partial charge in [-0.3, -0.25) is 9.88 Å². The van der Waals surface area contributed by atoms with E-state index < -0.39 is 26.1 Å². The molecule has 2 aromatic rings. The van der Waals surface area contributed by atoms with Crippen molar-refractivity contribution in [2.24, 2.45) is 0 Å². The number of rotatable bonds is 8. The van der Waals surface area contributed by atoms with Crippen LogP contribution in [0, 0.1) is 0 Å². The number of amides is 1. The fourth-order valence-electron chi connectivity index (χ4n) is 1.99. The van der Waals surface area contributed by atoms with Crippen LogP contribution in [0.4, 0.5) is 10.6 Å². The molecule has 0 unspecified atom stereocenters. The van der Waals surface area contributed by atoms with Gasteiger partial charge in [0.05, 0.1) is 25.6 Å². The lowest BCUT2D eigenvalue weighted by molar-refractivity contribution is 0.0764. The van der Waals surface area contributed by atoms with E-state index >= 15 is 0 Å². The quantitative estimate of drug-likeness (QED) is 0.582. The molecule has 0 spiro atoms. The molecule has 0 bridgehead atoms. The number of carbonyl (C=O) groups is 1. The van der Waals surface area contributed by atoms with Gasteiger partial charge in [0.2, 0.25) is 0 Å². The van der Waals surface area contributed by atoms with E-state index in [1.54, 1.807) is 11.5 Å². The summed E-state index contributed by atoms with van der Waals surface area (Å²) in [6.07, 6.45) is 1.69.